The largest absolute Gasteiger partial charge is 0.476 e. The molecule has 0 saturated carbocycles. The highest BCUT2D eigenvalue weighted by molar-refractivity contribution is 7.83. The highest BCUT2D eigenvalue weighted by Crippen LogP contribution is 2.57. The molecule has 1 aliphatic rings. The summed E-state index contributed by atoms with van der Waals surface area (Å²) < 4.78 is 35.2. The van der Waals surface area contributed by atoms with Crippen molar-refractivity contribution in [1.82, 2.24) is 0 Å². The molecule has 1 aliphatic heterocycles. The molecule has 1 fully saturated rings. The third-order valence-corrected chi connectivity index (χ3v) is 4.68. The Balaban J connectivity index is 2.51. The van der Waals surface area contributed by atoms with Crippen molar-refractivity contribution < 1.29 is 37.6 Å². The summed E-state index contributed by atoms with van der Waals surface area (Å²) in [7, 11) is 0.996. The average Bonchev–Trinajstić information content (AvgIpc) is 2.39. The number of rotatable bonds is 5. The van der Waals surface area contributed by atoms with E-state index in [0.29, 0.717) is 0 Å². The Morgan fingerprint density at radius 2 is 1.94 bits per heavy atom. The van der Waals surface area contributed by atoms with Crippen LogP contribution in [0, 0.1) is 5.92 Å². The van der Waals surface area contributed by atoms with Gasteiger partial charge >= 0.3 is 7.82 Å². The van der Waals surface area contributed by atoms with Crippen molar-refractivity contribution in [2.75, 3.05) is 6.61 Å². The van der Waals surface area contributed by atoms with Gasteiger partial charge in [0.2, 0.25) is 7.57 Å². The molecule has 4 radical (unpaired) electrons. The van der Waals surface area contributed by atoms with Crippen LogP contribution in [0.15, 0.2) is 0 Å². The van der Waals surface area contributed by atoms with Gasteiger partial charge in [0.05, 0.1) is 12.7 Å². The van der Waals surface area contributed by atoms with Crippen molar-refractivity contribution in [3.63, 3.8) is 0 Å². The molecule has 0 bridgehead atoms. The molecule has 100 valence electrons. The zero-order chi connectivity index (χ0) is 14.1. The summed E-state index contributed by atoms with van der Waals surface area (Å²) in [4.78, 5) is 16.9. The zero-order valence-corrected chi connectivity index (χ0v) is 11.2. The van der Waals surface area contributed by atoms with E-state index in [4.69, 9.17) is 29.9 Å². The standard InChI is InChI=1S/C6H12B2O8P2/c1-3-5(9)4(15-6(3)7)2-14-17(8,10)16-18(11,12)13/h3-6,9H,2H2,1H3,(H2,11,12,13)/t3?,4-,5+,6-,17?/m1/s1. The zero-order valence-electron chi connectivity index (χ0n) is 9.45. The van der Waals surface area contributed by atoms with E-state index in [2.05, 4.69) is 8.83 Å². The molecule has 0 aliphatic carbocycles. The number of hydrogen-bond acceptors (Lipinski definition) is 6. The summed E-state index contributed by atoms with van der Waals surface area (Å²) in [5.74, 6) is -0.363. The number of aliphatic hydroxyl groups is 1. The molecule has 3 N–H and O–H groups in total. The Kier molecular flexibility index (Phi) is 5.26. The molecule has 0 amide bonds. The Morgan fingerprint density at radius 3 is 2.33 bits per heavy atom. The minimum Gasteiger partial charge on any atom is -0.390 e. The highest BCUT2D eigenvalue weighted by Gasteiger charge is 2.39. The van der Waals surface area contributed by atoms with Crippen LogP contribution in [0.1, 0.15) is 6.92 Å². The van der Waals surface area contributed by atoms with Gasteiger partial charge < -0.3 is 24.2 Å². The van der Waals surface area contributed by atoms with Gasteiger partial charge in [-0.1, -0.05) is 6.92 Å². The first-order chi connectivity index (χ1) is 8.02. The van der Waals surface area contributed by atoms with Crippen LogP contribution in [0.3, 0.4) is 0 Å². The van der Waals surface area contributed by atoms with Crippen molar-refractivity contribution >= 4 is 30.7 Å². The summed E-state index contributed by atoms with van der Waals surface area (Å²) in [5, 5.41) is 9.65. The van der Waals surface area contributed by atoms with Crippen LogP contribution in [0.4, 0.5) is 0 Å². The maximum Gasteiger partial charge on any atom is 0.476 e. The molecule has 2 unspecified atom stereocenters. The molecule has 0 aromatic rings. The van der Waals surface area contributed by atoms with E-state index in [1.54, 1.807) is 6.92 Å². The molecule has 0 spiro atoms. The fraction of sp³-hybridized carbons (Fsp3) is 1.00. The molecule has 1 heterocycles. The summed E-state index contributed by atoms with van der Waals surface area (Å²) in [6.45, 7) is 1.18. The number of ether oxygens (including phenoxy) is 1. The third kappa shape index (κ3) is 4.79. The lowest BCUT2D eigenvalue weighted by atomic mass is 9.86. The van der Waals surface area contributed by atoms with Gasteiger partial charge in [-0.15, -0.1) is 0 Å². The second kappa shape index (κ2) is 5.77. The van der Waals surface area contributed by atoms with Crippen LogP contribution < -0.4 is 0 Å². The average molecular weight is 296 g/mol. The van der Waals surface area contributed by atoms with E-state index < -0.39 is 40.1 Å². The molecule has 0 aromatic carbocycles. The van der Waals surface area contributed by atoms with Gasteiger partial charge in [0, 0.05) is 11.9 Å². The maximum atomic E-state index is 11.3. The van der Waals surface area contributed by atoms with Crippen molar-refractivity contribution in [1.29, 1.82) is 0 Å². The lowest BCUT2D eigenvalue weighted by Crippen LogP contribution is -2.29. The second-order valence-corrected chi connectivity index (χ2v) is 6.87. The Bertz CT molecular complexity index is 386. The van der Waals surface area contributed by atoms with E-state index in [0.717, 1.165) is 0 Å². The predicted molar refractivity (Wildman–Crippen MR) is 62.0 cm³/mol. The summed E-state index contributed by atoms with van der Waals surface area (Å²) in [5.41, 5.74) is 0. The van der Waals surface area contributed by atoms with Crippen molar-refractivity contribution in [3.8, 4) is 0 Å². The fourth-order valence-corrected chi connectivity index (χ4v) is 3.16. The van der Waals surface area contributed by atoms with Crippen LogP contribution in [0.25, 0.3) is 0 Å². The first-order valence-corrected chi connectivity index (χ1v) is 8.05. The third-order valence-electron chi connectivity index (χ3n) is 2.41. The summed E-state index contributed by atoms with van der Waals surface area (Å²) in [6.07, 6.45) is -1.86. The minimum absolute atomic E-state index is 0.363. The van der Waals surface area contributed by atoms with Crippen LogP contribution in [0.5, 0.6) is 0 Å². The molecule has 0 aromatic heterocycles. The SMILES string of the molecule is [B][C@@H]1O[C@H](COP([B])(=O)OP(=O)(O)O)[C@@H](O)C1C. The number of phosphoric acid groups is 1. The predicted octanol–water partition coefficient (Wildman–Crippen LogP) is -0.721. The van der Waals surface area contributed by atoms with Gasteiger partial charge in [0.1, 0.15) is 14.0 Å². The summed E-state index contributed by atoms with van der Waals surface area (Å²) >= 11 is 0. The van der Waals surface area contributed by atoms with Gasteiger partial charge in [-0.05, 0) is 0 Å². The van der Waals surface area contributed by atoms with Gasteiger partial charge in [0.25, 0.3) is 7.47 Å². The van der Waals surface area contributed by atoms with Crippen LogP contribution in [0.2, 0.25) is 0 Å². The van der Waals surface area contributed by atoms with E-state index in [1.807, 2.05) is 0 Å². The number of aliphatic hydroxyl groups excluding tert-OH is 1. The van der Waals surface area contributed by atoms with E-state index in [9.17, 15) is 14.2 Å². The van der Waals surface area contributed by atoms with E-state index in [-0.39, 0.29) is 5.92 Å². The lowest BCUT2D eigenvalue weighted by molar-refractivity contribution is 0.000557. The molecule has 8 nitrogen and oxygen atoms in total. The highest BCUT2D eigenvalue weighted by atomic mass is 31.3. The first kappa shape index (κ1) is 16.4. The lowest BCUT2D eigenvalue weighted by Gasteiger charge is -2.19. The van der Waals surface area contributed by atoms with Gasteiger partial charge in [0.15, 0.2) is 0 Å². The molecule has 1 rings (SSSR count). The van der Waals surface area contributed by atoms with Crippen LogP contribution in [-0.2, 0) is 22.7 Å². The Morgan fingerprint density at radius 1 is 1.39 bits per heavy atom. The van der Waals surface area contributed by atoms with Crippen LogP contribution >= 0.6 is 15.3 Å². The number of hydrogen-bond donors (Lipinski definition) is 3. The minimum atomic E-state index is -5.03. The molecular formula is C6H12B2O8P2. The topological polar surface area (TPSA) is 123 Å². The maximum absolute atomic E-state index is 11.3. The first-order valence-electron chi connectivity index (χ1n) is 4.91. The molecular weight excluding hydrogens is 284 g/mol. The summed E-state index contributed by atoms with van der Waals surface area (Å²) in [6, 6.07) is -0.714. The second-order valence-electron chi connectivity index (χ2n) is 3.90. The van der Waals surface area contributed by atoms with Crippen molar-refractivity contribution in [2.24, 2.45) is 5.92 Å². The van der Waals surface area contributed by atoms with E-state index in [1.165, 1.54) is 0 Å². The Hall–Kier alpha value is 0.350. The smallest absolute Gasteiger partial charge is 0.390 e. The molecule has 12 heteroatoms. The van der Waals surface area contributed by atoms with Gasteiger partial charge in [-0.2, -0.15) is 0 Å². The quantitative estimate of drug-likeness (QED) is 0.448. The van der Waals surface area contributed by atoms with Crippen molar-refractivity contribution in [2.45, 2.75) is 25.1 Å². The van der Waals surface area contributed by atoms with Gasteiger partial charge in [-0.25, -0.2) is 8.88 Å². The van der Waals surface area contributed by atoms with E-state index >= 15 is 0 Å². The van der Waals surface area contributed by atoms with Gasteiger partial charge in [-0.3, -0.25) is 4.57 Å². The normalized spacial score (nSPS) is 36.4. The molecule has 18 heavy (non-hydrogen) atoms. The van der Waals surface area contributed by atoms with Crippen molar-refractivity contribution in [3.05, 3.63) is 0 Å². The Labute approximate surface area is 107 Å². The molecule has 1 saturated heterocycles. The molecule has 5 atom stereocenters. The fourth-order valence-electron chi connectivity index (χ4n) is 1.43. The monoisotopic (exact) mass is 296 g/mol. The van der Waals surface area contributed by atoms with Crippen LogP contribution in [-0.4, -0.2) is 55.1 Å².